The van der Waals surface area contributed by atoms with Crippen molar-refractivity contribution in [2.45, 2.75) is 61.9 Å². The van der Waals surface area contributed by atoms with Gasteiger partial charge in [0.05, 0.1) is 10.3 Å². The van der Waals surface area contributed by atoms with E-state index in [4.69, 9.17) is 4.74 Å². The van der Waals surface area contributed by atoms with Gasteiger partial charge >= 0.3 is 5.97 Å². The topological polar surface area (TPSA) is 63.7 Å². The molecule has 2 aliphatic rings. The molecule has 0 N–H and O–H groups in total. The van der Waals surface area contributed by atoms with E-state index in [2.05, 4.69) is 11.9 Å². The first-order valence-electron chi connectivity index (χ1n) is 9.91. The van der Waals surface area contributed by atoms with Crippen LogP contribution in [0.2, 0.25) is 0 Å². The van der Waals surface area contributed by atoms with Crippen LogP contribution < -0.4 is 0 Å². The third kappa shape index (κ3) is 4.37. The van der Waals surface area contributed by atoms with Crippen LogP contribution in [0.3, 0.4) is 0 Å². The molecule has 0 aromatic heterocycles. The van der Waals surface area contributed by atoms with E-state index in [1.165, 1.54) is 6.26 Å². The molecule has 0 bridgehead atoms. The van der Waals surface area contributed by atoms with Gasteiger partial charge in [-0.2, -0.15) is 0 Å². The van der Waals surface area contributed by atoms with Crippen molar-refractivity contribution in [2.75, 3.05) is 26.4 Å². The van der Waals surface area contributed by atoms with Gasteiger partial charge in [0, 0.05) is 19.3 Å². The molecule has 3 rings (SSSR count). The van der Waals surface area contributed by atoms with Crippen LogP contribution in [0.1, 0.15) is 51.0 Å². The fraction of sp³-hybridized carbons (Fsp3) is 0.667. The first-order valence-corrected chi connectivity index (χ1v) is 11.8. The average molecular weight is 394 g/mol. The number of likely N-dealkylation sites (tertiary alicyclic amines) is 1. The molecule has 1 aliphatic carbocycles. The van der Waals surface area contributed by atoms with Crippen LogP contribution in [0.25, 0.3) is 0 Å². The van der Waals surface area contributed by atoms with Crippen molar-refractivity contribution in [3.05, 3.63) is 29.8 Å². The average Bonchev–Trinajstić information content (AvgIpc) is 3.17. The summed E-state index contributed by atoms with van der Waals surface area (Å²) < 4.78 is 30.0. The molecule has 1 saturated carbocycles. The predicted octanol–water partition coefficient (Wildman–Crippen LogP) is 3.18. The minimum Gasteiger partial charge on any atom is -0.462 e. The predicted molar refractivity (Wildman–Crippen MR) is 105 cm³/mol. The van der Waals surface area contributed by atoms with E-state index in [1.54, 1.807) is 18.2 Å². The van der Waals surface area contributed by atoms with Gasteiger partial charge in [-0.3, -0.25) is 4.79 Å². The summed E-state index contributed by atoms with van der Waals surface area (Å²) in [6.45, 7) is 3.81. The standard InChI is InChI=1S/C21H31NO4S/c1-21(16-7-4-5-8-16,17-9-6-10-19(15-17)27(3,24)25)20(23)26-18-11-13-22(2)14-12-18/h6,9-10,15-16,18H,4-5,7-8,11-14H2,1-3H3. The highest BCUT2D eigenvalue weighted by atomic mass is 32.2. The number of carbonyl (C=O) groups excluding carboxylic acids is 1. The molecule has 1 unspecified atom stereocenters. The van der Waals surface area contributed by atoms with E-state index < -0.39 is 15.3 Å². The number of rotatable bonds is 5. The molecule has 5 nitrogen and oxygen atoms in total. The van der Waals surface area contributed by atoms with Crippen LogP contribution in [0.4, 0.5) is 0 Å². The summed E-state index contributed by atoms with van der Waals surface area (Å²) in [5.41, 5.74) is -0.0455. The third-order valence-corrected chi connectivity index (χ3v) is 7.51. The van der Waals surface area contributed by atoms with E-state index in [9.17, 15) is 13.2 Å². The molecule has 150 valence electrons. The molecule has 1 aliphatic heterocycles. The van der Waals surface area contributed by atoms with Gasteiger partial charge in [0.2, 0.25) is 0 Å². The number of benzene rings is 1. The van der Waals surface area contributed by atoms with E-state index >= 15 is 0 Å². The second kappa shape index (κ2) is 7.92. The smallest absolute Gasteiger partial charge is 0.316 e. The van der Waals surface area contributed by atoms with Gasteiger partial charge in [-0.15, -0.1) is 0 Å². The highest BCUT2D eigenvalue weighted by Gasteiger charge is 2.46. The first-order chi connectivity index (χ1) is 12.7. The van der Waals surface area contributed by atoms with Gasteiger partial charge in [0.15, 0.2) is 9.84 Å². The first kappa shape index (κ1) is 20.3. The van der Waals surface area contributed by atoms with Gasteiger partial charge < -0.3 is 9.64 Å². The molecular weight excluding hydrogens is 362 g/mol. The Bertz CT molecular complexity index is 777. The van der Waals surface area contributed by atoms with E-state index in [1.807, 2.05) is 13.0 Å². The number of ether oxygens (including phenoxy) is 1. The maximum absolute atomic E-state index is 13.4. The normalized spacial score (nSPS) is 22.5. The lowest BCUT2D eigenvalue weighted by Crippen LogP contribution is -2.44. The molecular formula is C21H31NO4S. The molecule has 27 heavy (non-hydrogen) atoms. The van der Waals surface area contributed by atoms with Gasteiger partial charge in [0.25, 0.3) is 0 Å². The molecule has 1 aromatic rings. The summed E-state index contributed by atoms with van der Waals surface area (Å²) in [6.07, 6.45) is 7.02. The van der Waals surface area contributed by atoms with E-state index in [-0.39, 0.29) is 22.9 Å². The Morgan fingerprint density at radius 1 is 1.15 bits per heavy atom. The summed E-state index contributed by atoms with van der Waals surface area (Å²) >= 11 is 0. The number of hydrogen-bond acceptors (Lipinski definition) is 5. The van der Waals surface area contributed by atoms with Crippen molar-refractivity contribution >= 4 is 15.8 Å². The zero-order valence-electron chi connectivity index (χ0n) is 16.6. The zero-order valence-corrected chi connectivity index (χ0v) is 17.4. The molecule has 2 fully saturated rings. The maximum atomic E-state index is 13.4. The molecule has 0 amide bonds. The molecule has 6 heteroatoms. The molecule has 1 heterocycles. The van der Waals surface area contributed by atoms with E-state index in [0.29, 0.717) is 0 Å². The van der Waals surface area contributed by atoms with Crippen LogP contribution >= 0.6 is 0 Å². The highest BCUT2D eigenvalue weighted by Crippen LogP contribution is 2.44. The van der Waals surface area contributed by atoms with Crippen molar-refractivity contribution in [3.8, 4) is 0 Å². The van der Waals surface area contributed by atoms with Crippen LogP contribution in [0, 0.1) is 5.92 Å². The molecule has 0 radical (unpaired) electrons. The Labute approximate surface area is 163 Å². The number of sulfone groups is 1. The summed E-state index contributed by atoms with van der Waals surface area (Å²) in [7, 11) is -1.25. The lowest BCUT2D eigenvalue weighted by atomic mass is 9.71. The third-order valence-electron chi connectivity index (χ3n) is 6.40. The number of piperidine rings is 1. The quantitative estimate of drug-likeness (QED) is 0.719. The Morgan fingerprint density at radius 3 is 2.37 bits per heavy atom. The lowest BCUT2D eigenvalue weighted by Gasteiger charge is -2.37. The number of carbonyl (C=O) groups is 1. The Kier molecular flexibility index (Phi) is 5.96. The Hall–Kier alpha value is -1.40. The summed E-state index contributed by atoms with van der Waals surface area (Å²) in [6, 6.07) is 6.88. The summed E-state index contributed by atoms with van der Waals surface area (Å²) in [5.74, 6) is -0.0133. The summed E-state index contributed by atoms with van der Waals surface area (Å²) in [4.78, 5) is 15.9. The minimum absolute atomic E-state index is 0.0486. The van der Waals surface area contributed by atoms with Gasteiger partial charge in [-0.1, -0.05) is 25.0 Å². The maximum Gasteiger partial charge on any atom is 0.316 e. The SMILES string of the molecule is CN1CCC(OC(=O)C(C)(c2cccc(S(C)(=O)=O)c2)C2CCCC2)CC1. The van der Waals surface area contributed by atoms with Crippen molar-refractivity contribution in [1.82, 2.24) is 4.90 Å². The fourth-order valence-corrected chi connectivity index (χ4v) is 5.12. The van der Waals surface area contributed by atoms with Crippen LogP contribution in [0.15, 0.2) is 29.2 Å². The Balaban J connectivity index is 1.91. The number of nitrogens with zero attached hydrogens (tertiary/aromatic N) is 1. The summed E-state index contributed by atoms with van der Waals surface area (Å²) in [5, 5.41) is 0. The second-order valence-electron chi connectivity index (χ2n) is 8.39. The minimum atomic E-state index is -3.33. The largest absolute Gasteiger partial charge is 0.462 e. The van der Waals surface area contributed by atoms with Gasteiger partial charge in [-0.25, -0.2) is 8.42 Å². The molecule has 0 spiro atoms. The Morgan fingerprint density at radius 2 is 1.78 bits per heavy atom. The molecule has 1 saturated heterocycles. The fourth-order valence-electron chi connectivity index (χ4n) is 4.45. The van der Waals surface area contributed by atoms with Crippen LogP contribution in [-0.2, 0) is 24.8 Å². The zero-order chi connectivity index (χ0) is 19.7. The molecule has 1 aromatic carbocycles. The van der Waals surface area contributed by atoms with Crippen LogP contribution in [-0.4, -0.2) is 51.8 Å². The van der Waals surface area contributed by atoms with Crippen molar-refractivity contribution in [3.63, 3.8) is 0 Å². The van der Waals surface area contributed by atoms with Crippen molar-refractivity contribution < 1.29 is 17.9 Å². The number of esters is 1. The second-order valence-corrected chi connectivity index (χ2v) is 10.4. The van der Waals surface area contributed by atoms with Gasteiger partial charge in [0.1, 0.15) is 6.10 Å². The highest BCUT2D eigenvalue weighted by molar-refractivity contribution is 7.90. The van der Waals surface area contributed by atoms with Crippen molar-refractivity contribution in [1.29, 1.82) is 0 Å². The lowest BCUT2D eigenvalue weighted by molar-refractivity contribution is -0.160. The van der Waals surface area contributed by atoms with E-state index in [0.717, 1.165) is 57.2 Å². The number of hydrogen-bond donors (Lipinski definition) is 0. The van der Waals surface area contributed by atoms with Crippen molar-refractivity contribution in [2.24, 2.45) is 5.92 Å². The monoisotopic (exact) mass is 393 g/mol. The van der Waals surface area contributed by atoms with Gasteiger partial charge in [-0.05, 0) is 63.3 Å². The molecule has 1 atom stereocenters. The van der Waals surface area contributed by atoms with Crippen LogP contribution in [0.5, 0.6) is 0 Å².